The van der Waals surface area contributed by atoms with Gasteiger partial charge in [-0.1, -0.05) is 54.6 Å². The molecule has 1 aliphatic carbocycles. The SMILES string of the molecule is c1ccc(-c2ccc3[nH]c4c(c3c2)CCc2c-4sc3ccccc23)cc1. The maximum atomic E-state index is 3.72. The Balaban J connectivity index is 1.59. The predicted molar refractivity (Wildman–Crippen MR) is 112 cm³/mol. The lowest BCUT2D eigenvalue weighted by Crippen LogP contribution is -1.99. The first-order valence-electron chi connectivity index (χ1n) is 9.09. The van der Waals surface area contributed by atoms with Gasteiger partial charge in [0.1, 0.15) is 0 Å². The van der Waals surface area contributed by atoms with Gasteiger partial charge in [0.15, 0.2) is 0 Å². The van der Waals surface area contributed by atoms with Crippen molar-refractivity contribution < 1.29 is 0 Å². The van der Waals surface area contributed by atoms with Crippen molar-refractivity contribution in [3.05, 3.63) is 83.9 Å². The maximum absolute atomic E-state index is 3.72. The Morgan fingerprint density at radius 3 is 2.42 bits per heavy atom. The van der Waals surface area contributed by atoms with Gasteiger partial charge in [-0.3, -0.25) is 0 Å². The summed E-state index contributed by atoms with van der Waals surface area (Å²) in [5, 5.41) is 2.81. The fraction of sp³-hybridized carbons (Fsp3) is 0.0833. The second-order valence-corrected chi connectivity index (χ2v) is 8.06. The van der Waals surface area contributed by atoms with Crippen LogP contribution in [0.1, 0.15) is 11.1 Å². The van der Waals surface area contributed by atoms with Crippen LogP contribution in [0.2, 0.25) is 0 Å². The highest BCUT2D eigenvalue weighted by Crippen LogP contribution is 2.45. The molecule has 26 heavy (non-hydrogen) atoms. The Hall–Kier alpha value is -2.84. The van der Waals surface area contributed by atoms with Crippen LogP contribution >= 0.6 is 11.3 Å². The number of fused-ring (bicyclic) bond motifs is 7. The smallest absolute Gasteiger partial charge is 0.0602 e. The van der Waals surface area contributed by atoms with E-state index >= 15 is 0 Å². The highest BCUT2D eigenvalue weighted by Gasteiger charge is 2.24. The molecule has 2 heterocycles. The van der Waals surface area contributed by atoms with Crippen molar-refractivity contribution in [3.63, 3.8) is 0 Å². The fourth-order valence-electron chi connectivity index (χ4n) is 4.31. The predicted octanol–water partition coefficient (Wildman–Crippen LogP) is 6.82. The first-order valence-corrected chi connectivity index (χ1v) is 9.91. The van der Waals surface area contributed by atoms with Crippen molar-refractivity contribution in [1.29, 1.82) is 0 Å². The highest BCUT2D eigenvalue weighted by molar-refractivity contribution is 7.22. The standard InChI is InChI=1S/C24H17NS/c1-2-6-15(7-3-1)16-10-13-21-20(14-16)18-11-12-19-17-8-4-5-9-22(17)26-24(19)23(18)25-21/h1-10,13-14,25H,11-12H2. The zero-order chi connectivity index (χ0) is 17.1. The van der Waals surface area contributed by atoms with Crippen LogP contribution < -0.4 is 0 Å². The van der Waals surface area contributed by atoms with Gasteiger partial charge < -0.3 is 4.98 Å². The van der Waals surface area contributed by atoms with E-state index in [2.05, 4.69) is 77.8 Å². The number of aryl methyl sites for hydroxylation is 2. The molecule has 0 fully saturated rings. The lowest BCUT2D eigenvalue weighted by molar-refractivity contribution is 0.964. The molecule has 6 rings (SSSR count). The molecule has 0 radical (unpaired) electrons. The van der Waals surface area contributed by atoms with E-state index in [0.29, 0.717) is 0 Å². The summed E-state index contributed by atoms with van der Waals surface area (Å²) >= 11 is 1.93. The monoisotopic (exact) mass is 351 g/mol. The summed E-state index contributed by atoms with van der Waals surface area (Å²) in [7, 11) is 0. The van der Waals surface area contributed by atoms with Crippen molar-refractivity contribution in [1.82, 2.24) is 4.98 Å². The van der Waals surface area contributed by atoms with Gasteiger partial charge in [-0.15, -0.1) is 11.3 Å². The van der Waals surface area contributed by atoms with E-state index in [4.69, 9.17) is 0 Å². The Morgan fingerprint density at radius 2 is 1.50 bits per heavy atom. The van der Waals surface area contributed by atoms with Gasteiger partial charge in [-0.2, -0.15) is 0 Å². The van der Waals surface area contributed by atoms with Crippen LogP contribution in [0.5, 0.6) is 0 Å². The van der Waals surface area contributed by atoms with Crippen molar-refractivity contribution in [2.75, 3.05) is 0 Å². The molecule has 0 saturated carbocycles. The van der Waals surface area contributed by atoms with E-state index in [1.54, 1.807) is 0 Å². The molecule has 1 nitrogen and oxygen atoms in total. The average Bonchev–Trinajstić information content (AvgIpc) is 3.26. The van der Waals surface area contributed by atoms with E-state index in [1.807, 2.05) is 11.3 Å². The largest absolute Gasteiger partial charge is 0.354 e. The minimum atomic E-state index is 1.11. The third-order valence-corrected chi connectivity index (χ3v) is 6.79. The summed E-state index contributed by atoms with van der Waals surface area (Å²) in [6.07, 6.45) is 2.25. The number of rotatable bonds is 1. The number of aromatic amines is 1. The van der Waals surface area contributed by atoms with Gasteiger partial charge in [-0.05, 0) is 58.7 Å². The van der Waals surface area contributed by atoms with E-state index in [1.165, 1.54) is 53.8 Å². The minimum Gasteiger partial charge on any atom is -0.354 e. The van der Waals surface area contributed by atoms with Crippen LogP contribution in [0.25, 0.3) is 42.7 Å². The molecule has 3 aromatic carbocycles. The van der Waals surface area contributed by atoms with E-state index < -0.39 is 0 Å². The molecule has 0 unspecified atom stereocenters. The van der Waals surface area contributed by atoms with Crippen LogP contribution in [0, 0.1) is 0 Å². The number of thiophene rings is 1. The molecule has 0 spiro atoms. The Kier molecular flexibility index (Phi) is 2.94. The number of hydrogen-bond acceptors (Lipinski definition) is 1. The second kappa shape index (κ2) is 5.33. The molecule has 0 bridgehead atoms. The number of hydrogen-bond donors (Lipinski definition) is 1. The summed E-state index contributed by atoms with van der Waals surface area (Å²) < 4.78 is 1.40. The third kappa shape index (κ3) is 1.96. The molecule has 2 heteroatoms. The summed E-state index contributed by atoms with van der Waals surface area (Å²) in [6.45, 7) is 0. The van der Waals surface area contributed by atoms with Crippen LogP contribution in [-0.2, 0) is 12.8 Å². The molecule has 0 atom stereocenters. The first kappa shape index (κ1) is 14.3. The number of aromatic nitrogens is 1. The molecular weight excluding hydrogens is 334 g/mol. The van der Waals surface area contributed by atoms with Crippen molar-refractivity contribution in [2.45, 2.75) is 12.8 Å². The molecule has 0 saturated heterocycles. The van der Waals surface area contributed by atoms with Crippen molar-refractivity contribution in [3.8, 4) is 21.7 Å². The second-order valence-electron chi connectivity index (χ2n) is 7.01. The van der Waals surface area contributed by atoms with Gasteiger partial charge in [0, 0.05) is 15.6 Å². The van der Waals surface area contributed by atoms with Gasteiger partial charge in [0.25, 0.3) is 0 Å². The topological polar surface area (TPSA) is 15.8 Å². The third-order valence-electron chi connectivity index (χ3n) is 5.56. The molecule has 124 valence electrons. The van der Waals surface area contributed by atoms with Crippen LogP contribution in [-0.4, -0.2) is 4.98 Å². The Morgan fingerprint density at radius 1 is 0.692 bits per heavy atom. The Labute approximate surface area is 155 Å². The van der Waals surface area contributed by atoms with Gasteiger partial charge in [0.05, 0.1) is 10.6 Å². The maximum Gasteiger partial charge on any atom is 0.0602 e. The summed E-state index contributed by atoms with van der Waals surface area (Å²) in [5.74, 6) is 0. The van der Waals surface area contributed by atoms with Crippen LogP contribution in [0.15, 0.2) is 72.8 Å². The molecule has 1 N–H and O–H groups in total. The summed E-state index contributed by atoms with van der Waals surface area (Å²) in [6, 6.07) is 26.3. The van der Waals surface area contributed by atoms with Crippen molar-refractivity contribution in [2.24, 2.45) is 0 Å². The molecular formula is C24H17NS. The molecule has 2 aromatic heterocycles. The van der Waals surface area contributed by atoms with E-state index in [9.17, 15) is 0 Å². The molecule has 1 aliphatic rings. The van der Waals surface area contributed by atoms with Gasteiger partial charge in [0.2, 0.25) is 0 Å². The molecule has 5 aromatic rings. The van der Waals surface area contributed by atoms with Gasteiger partial charge >= 0.3 is 0 Å². The highest BCUT2D eigenvalue weighted by atomic mass is 32.1. The number of benzene rings is 3. The van der Waals surface area contributed by atoms with E-state index in [-0.39, 0.29) is 0 Å². The zero-order valence-electron chi connectivity index (χ0n) is 14.3. The average molecular weight is 351 g/mol. The fourth-order valence-corrected chi connectivity index (χ4v) is 5.59. The quantitative estimate of drug-likeness (QED) is 0.341. The number of nitrogens with one attached hydrogen (secondary N) is 1. The lowest BCUT2D eigenvalue weighted by Gasteiger charge is -2.13. The lowest BCUT2D eigenvalue weighted by atomic mass is 9.92. The zero-order valence-corrected chi connectivity index (χ0v) is 15.1. The molecule has 0 aliphatic heterocycles. The summed E-state index contributed by atoms with van der Waals surface area (Å²) in [5.41, 5.74) is 8.17. The normalized spacial score (nSPS) is 13.1. The van der Waals surface area contributed by atoms with Crippen LogP contribution in [0.4, 0.5) is 0 Å². The first-order chi connectivity index (χ1) is 12.9. The minimum absolute atomic E-state index is 1.11. The number of H-pyrrole nitrogens is 1. The van der Waals surface area contributed by atoms with Crippen molar-refractivity contribution >= 4 is 32.3 Å². The van der Waals surface area contributed by atoms with E-state index in [0.717, 1.165) is 12.8 Å². The van der Waals surface area contributed by atoms with Crippen LogP contribution in [0.3, 0.4) is 0 Å². The van der Waals surface area contributed by atoms with Gasteiger partial charge in [-0.25, -0.2) is 0 Å². The summed E-state index contributed by atoms with van der Waals surface area (Å²) in [4.78, 5) is 5.16. The Bertz CT molecular complexity index is 1270. The molecule has 0 amide bonds.